The number of nitro benzene ring substituents is 1. The molecule has 3 aromatic rings. The Morgan fingerprint density at radius 3 is 2.32 bits per heavy atom. The van der Waals surface area contributed by atoms with E-state index in [-0.39, 0.29) is 10.8 Å². The van der Waals surface area contributed by atoms with Gasteiger partial charge in [0.05, 0.1) is 4.92 Å². The highest BCUT2D eigenvalue weighted by atomic mass is 32.1. The van der Waals surface area contributed by atoms with Gasteiger partial charge in [-0.1, -0.05) is 30.3 Å². The van der Waals surface area contributed by atoms with Crippen molar-refractivity contribution in [3.63, 3.8) is 0 Å². The zero-order valence-corrected chi connectivity index (χ0v) is 17.1. The van der Waals surface area contributed by atoms with E-state index in [0.29, 0.717) is 30.2 Å². The molecule has 9 heteroatoms. The van der Waals surface area contributed by atoms with E-state index in [1.165, 1.54) is 18.2 Å². The van der Waals surface area contributed by atoms with Gasteiger partial charge in [0.1, 0.15) is 24.7 Å². The molecule has 1 amide bonds. The summed E-state index contributed by atoms with van der Waals surface area (Å²) in [7, 11) is 0. The molecule has 158 valence electrons. The number of hydrogen-bond donors (Lipinski definition) is 2. The predicted molar refractivity (Wildman–Crippen MR) is 121 cm³/mol. The molecule has 0 fully saturated rings. The maximum absolute atomic E-state index is 12.5. The Morgan fingerprint density at radius 1 is 0.903 bits per heavy atom. The Labute approximate surface area is 184 Å². The second-order valence-corrected chi connectivity index (χ2v) is 6.66. The van der Waals surface area contributed by atoms with Crippen molar-refractivity contribution in [1.82, 2.24) is 5.32 Å². The first-order valence-electron chi connectivity index (χ1n) is 9.29. The van der Waals surface area contributed by atoms with Gasteiger partial charge in [-0.15, -0.1) is 0 Å². The second-order valence-electron chi connectivity index (χ2n) is 6.25. The van der Waals surface area contributed by atoms with Crippen molar-refractivity contribution < 1.29 is 19.2 Å². The molecule has 0 aliphatic carbocycles. The molecule has 0 bridgehead atoms. The maximum Gasteiger partial charge on any atom is 0.271 e. The lowest BCUT2D eigenvalue weighted by molar-refractivity contribution is -0.384. The van der Waals surface area contributed by atoms with Crippen LogP contribution < -0.4 is 20.1 Å². The molecule has 31 heavy (non-hydrogen) atoms. The number of hydrogen-bond acceptors (Lipinski definition) is 6. The SMILES string of the molecule is O=C(NC(=S)Nc1cccc([N+](=O)[O-])c1)c1cccc(OCCOc2ccccc2)c1. The molecule has 0 saturated carbocycles. The van der Waals surface area contributed by atoms with Gasteiger partial charge in [-0.25, -0.2) is 0 Å². The van der Waals surface area contributed by atoms with Crippen LogP contribution in [0.1, 0.15) is 10.4 Å². The van der Waals surface area contributed by atoms with E-state index >= 15 is 0 Å². The first-order valence-corrected chi connectivity index (χ1v) is 9.69. The van der Waals surface area contributed by atoms with Gasteiger partial charge in [0.2, 0.25) is 0 Å². The van der Waals surface area contributed by atoms with E-state index in [9.17, 15) is 14.9 Å². The van der Waals surface area contributed by atoms with Crippen molar-refractivity contribution >= 4 is 34.6 Å². The summed E-state index contributed by atoms with van der Waals surface area (Å²) in [6, 6.07) is 21.9. The Bertz CT molecular complexity index is 1080. The predicted octanol–water partition coefficient (Wildman–Crippen LogP) is 4.18. The molecule has 8 nitrogen and oxygen atoms in total. The van der Waals surface area contributed by atoms with Crippen molar-refractivity contribution in [3.05, 3.63) is 94.5 Å². The number of amides is 1. The van der Waals surface area contributed by atoms with Crippen LogP contribution in [0, 0.1) is 10.1 Å². The number of nitro groups is 1. The third-order valence-corrected chi connectivity index (χ3v) is 4.21. The third kappa shape index (κ3) is 6.79. The largest absolute Gasteiger partial charge is 0.490 e. The molecule has 3 rings (SSSR count). The van der Waals surface area contributed by atoms with Gasteiger partial charge in [0.25, 0.3) is 11.6 Å². The summed E-state index contributed by atoms with van der Waals surface area (Å²) in [5.41, 5.74) is 0.667. The van der Waals surface area contributed by atoms with Crippen molar-refractivity contribution in [3.8, 4) is 11.5 Å². The molecule has 0 saturated heterocycles. The number of carbonyl (C=O) groups is 1. The Kier molecular flexibility index (Phi) is 7.50. The summed E-state index contributed by atoms with van der Waals surface area (Å²) < 4.78 is 11.2. The third-order valence-electron chi connectivity index (χ3n) is 4.00. The maximum atomic E-state index is 12.5. The quantitative estimate of drug-likeness (QED) is 0.236. The molecule has 3 aromatic carbocycles. The number of thiocarbonyl (C=S) groups is 1. The monoisotopic (exact) mass is 437 g/mol. The molecule has 2 N–H and O–H groups in total. The van der Waals surface area contributed by atoms with Crippen LogP contribution in [0.15, 0.2) is 78.9 Å². The normalized spacial score (nSPS) is 10.1. The molecule has 0 atom stereocenters. The number of nitrogens with zero attached hydrogens (tertiary/aromatic N) is 1. The van der Waals surface area contributed by atoms with E-state index in [0.717, 1.165) is 5.75 Å². The van der Waals surface area contributed by atoms with E-state index in [1.54, 1.807) is 30.3 Å². The van der Waals surface area contributed by atoms with E-state index in [2.05, 4.69) is 10.6 Å². The summed E-state index contributed by atoms with van der Waals surface area (Å²) in [5, 5.41) is 16.2. The van der Waals surface area contributed by atoms with Gasteiger partial charge in [0, 0.05) is 23.4 Å². The molecule has 0 aliphatic heterocycles. The van der Waals surface area contributed by atoms with Crippen LogP contribution in [0.5, 0.6) is 11.5 Å². The molecule has 0 spiro atoms. The fourth-order valence-electron chi connectivity index (χ4n) is 2.60. The number of ether oxygens (including phenoxy) is 2. The number of non-ortho nitro benzene ring substituents is 1. The topological polar surface area (TPSA) is 103 Å². The highest BCUT2D eigenvalue weighted by Gasteiger charge is 2.11. The van der Waals surface area contributed by atoms with Crippen LogP contribution >= 0.6 is 12.2 Å². The highest BCUT2D eigenvalue weighted by Crippen LogP contribution is 2.17. The zero-order valence-electron chi connectivity index (χ0n) is 16.3. The minimum Gasteiger partial charge on any atom is -0.490 e. The van der Waals surface area contributed by atoms with Crippen molar-refractivity contribution in [1.29, 1.82) is 0 Å². The molecule has 0 aliphatic rings. The number of benzene rings is 3. The minimum atomic E-state index is -0.511. The number of nitrogens with one attached hydrogen (secondary N) is 2. The van der Waals surface area contributed by atoms with E-state index in [4.69, 9.17) is 21.7 Å². The van der Waals surface area contributed by atoms with E-state index < -0.39 is 10.8 Å². The standard InChI is InChI=1S/C22H19N3O5S/c26-21(24-22(31)23-17-7-5-8-18(15-17)25(27)28)16-6-4-11-20(14-16)30-13-12-29-19-9-2-1-3-10-19/h1-11,14-15H,12-13H2,(H2,23,24,26,31). The number of para-hydroxylation sites is 1. The van der Waals surface area contributed by atoms with Gasteiger partial charge in [-0.3, -0.25) is 20.2 Å². The molecule has 0 heterocycles. The van der Waals surface area contributed by atoms with Crippen molar-refractivity contribution in [2.75, 3.05) is 18.5 Å². The molecule has 0 unspecified atom stereocenters. The summed E-state index contributed by atoms with van der Waals surface area (Å²) >= 11 is 5.13. The van der Waals surface area contributed by atoms with Gasteiger partial charge >= 0.3 is 0 Å². The van der Waals surface area contributed by atoms with Crippen LogP contribution in [0.2, 0.25) is 0 Å². The first kappa shape index (κ1) is 21.7. The second kappa shape index (κ2) is 10.7. The first-order chi connectivity index (χ1) is 15.0. The molecule has 0 aromatic heterocycles. The lowest BCUT2D eigenvalue weighted by atomic mass is 10.2. The van der Waals surface area contributed by atoms with Gasteiger partial charge in [-0.05, 0) is 48.6 Å². The van der Waals surface area contributed by atoms with Crippen LogP contribution in [-0.4, -0.2) is 29.2 Å². The lowest BCUT2D eigenvalue weighted by Gasteiger charge is -2.11. The average molecular weight is 437 g/mol. The average Bonchev–Trinajstić information content (AvgIpc) is 2.77. The Morgan fingerprint density at radius 2 is 1.58 bits per heavy atom. The number of carbonyl (C=O) groups excluding carboxylic acids is 1. The van der Waals surface area contributed by atoms with Gasteiger partial charge < -0.3 is 14.8 Å². The smallest absolute Gasteiger partial charge is 0.271 e. The van der Waals surface area contributed by atoms with Crippen LogP contribution in [0.3, 0.4) is 0 Å². The van der Waals surface area contributed by atoms with Crippen molar-refractivity contribution in [2.24, 2.45) is 0 Å². The Hall–Kier alpha value is -3.98. The van der Waals surface area contributed by atoms with Crippen molar-refractivity contribution in [2.45, 2.75) is 0 Å². The molecular weight excluding hydrogens is 418 g/mol. The summed E-state index contributed by atoms with van der Waals surface area (Å²) in [5.74, 6) is 0.833. The Balaban J connectivity index is 1.50. The van der Waals surface area contributed by atoms with Crippen LogP contribution in [-0.2, 0) is 0 Å². The van der Waals surface area contributed by atoms with Gasteiger partial charge in [-0.2, -0.15) is 0 Å². The van der Waals surface area contributed by atoms with Crippen LogP contribution in [0.25, 0.3) is 0 Å². The number of rotatable bonds is 8. The molecule has 0 radical (unpaired) electrons. The summed E-state index contributed by atoms with van der Waals surface area (Å²) in [4.78, 5) is 22.8. The fraction of sp³-hybridized carbons (Fsp3) is 0.0909. The van der Waals surface area contributed by atoms with Gasteiger partial charge in [0.15, 0.2) is 5.11 Å². The lowest BCUT2D eigenvalue weighted by Crippen LogP contribution is -2.34. The van der Waals surface area contributed by atoms with E-state index in [1.807, 2.05) is 30.3 Å². The zero-order chi connectivity index (χ0) is 22.1. The fourth-order valence-corrected chi connectivity index (χ4v) is 2.81. The number of anilines is 1. The van der Waals surface area contributed by atoms with Crippen LogP contribution in [0.4, 0.5) is 11.4 Å². The molecular formula is C22H19N3O5S. The summed E-state index contributed by atoms with van der Waals surface area (Å²) in [6.07, 6.45) is 0. The summed E-state index contributed by atoms with van der Waals surface area (Å²) in [6.45, 7) is 0.671. The highest BCUT2D eigenvalue weighted by molar-refractivity contribution is 7.80. The minimum absolute atomic E-state index is 0.0214.